The predicted molar refractivity (Wildman–Crippen MR) is 77.1 cm³/mol. The summed E-state index contributed by atoms with van der Waals surface area (Å²) in [6, 6.07) is 14.4. The Morgan fingerprint density at radius 3 is 2.38 bits per heavy atom. The van der Waals surface area contributed by atoms with Gasteiger partial charge in [-0.25, -0.2) is 0 Å². The van der Waals surface area contributed by atoms with Crippen LogP contribution < -0.4 is 4.74 Å². The van der Waals surface area contributed by atoms with Crippen molar-refractivity contribution in [2.24, 2.45) is 0 Å². The SMILES string of the molecule is O=C(C=C=COc1ccc([N+](=O)[O-])cc1)c1ccccc1. The zero-order valence-corrected chi connectivity index (χ0v) is 10.9. The van der Waals surface area contributed by atoms with Crippen LogP contribution in [0.25, 0.3) is 0 Å². The Labute approximate surface area is 120 Å². The molecule has 5 heteroatoms. The molecule has 0 fully saturated rings. The average molecular weight is 281 g/mol. The first-order chi connectivity index (χ1) is 10.2. The van der Waals surface area contributed by atoms with Crippen LogP contribution in [-0.2, 0) is 0 Å². The minimum absolute atomic E-state index is 0.0128. The van der Waals surface area contributed by atoms with Crippen molar-refractivity contribution >= 4 is 11.5 Å². The molecule has 21 heavy (non-hydrogen) atoms. The molecule has 0 bridgehead atoms. The Balaban J connectivity index is 1.97. The number of carbonyl (C=O) groups excluding carboxylic acids is 1. The van der Waals surface area contributed by atoms with E-state index in [2.05, 4.69) is 5.73 Å². The van der Waals surface area contributed by atoms with E-state index in [0.717, 1.165) is 0 Å². The number of non-ortho nitro benzene ring substituents is 1. The normalized spacial score (nSPS) is 9.33. The molecule has 0 aliphatic heterocycles. The van der Waals surface area contributed by atoms with Gasteiger partial charge in [0.25, 0.3) is 5.69 Å². The fourth-order valence-corrected chi connectivity index (χ4v) is 1.54. The second-order valence-corrected chi connectivity index (χ2v) is 4.03. The summed E-state index contributed by atoms with van der Waals surface area (Å²) in [5.41, 5.74) is 3.16. The minimum atomic E-state index is -0.488. The number of ketones is 1. The van der Waals surface area contributed by atoms with Gasteiger partial charge < -0.3 is 4.74 Å². The number of nitrogens with zero attached hydrogens (tertiary/aromatic N) is 1. The van der Waals surface area contributed by atoms with E-state index in [-0.39, 0.29) is 11.5 Å². The number of carbonyl (C=O) groups is 1. The number of ether oxygens (including phenoxy) is 1. The van der Waals surface area contributed by atoms with Crippen LogP contribution in [0.2, 0.25) is 0 Å². The van der Waals surface area contributed by atoms with Gasteiger partial charge in [-0.05, 0) is 12.1 Å². The van der Waals surface area contributed by atoms with E-state index in [1.807, 2.05) is 6.07 Å². The van der Waals surface area contributed by atoms with E-state index in [1.165, 1.54) is 36.6 Å². The Morgan fingerprint density at radius 2 is 1.76 bits per heavy atom. The second kappa shape index (κ2) is 6.84. The number of allylic oxidation sites excluding steroid dienone is 1. The number of hydrogen-bond acceptors (Lipinski definition) is 4. The van der Waals surface area contributed by atoms with Crippen molar-refractivity contribution in [3.8, 4) is 5.75 Å². The highest BCUT2D eigenvalue weighted by Gasteiger charge is 2.03. The lowest BCUT2D eigenvalue weighted by Gasteiger charge is -1.97. The van der Waals surface area contributed by atoms with Crippen molar-refractivity contribution in [1.82, 2.24) is 0 Å². The molecule has 0 spiro atoms. The van der Waals surface area contributed by atoms with Gasteiger partial charge in [-0.2, -0.15) is 0 Å². The van der Waals surface area contributed by atoms with Crippen molar-refractivity contribution in [3.63, 3.8) is 0 Å². The molecule has 0 unspecified atom stereocenters. The molecule has 0 aromatic heterocycles. The first-order valence-electron chi connectivity index (χ1n) is 6.08. The third-order valence-corrected chi connectivity index (χ3v) is 2.58. The van der Waals surface area contributed by atoms with Crippen LogP contribution >= 0.6 is 0 Å². The van der Waals surface area contributed by atoms with Gasteiger partial charge in [-0.3, -0.25) is 14.9 Å². The highest BCUT2D eigenvalue weighted by Crippen LogP contribution is 2.17. The summed E-state index contributed by atoms with van der Waals surface area (Å²) in [4.78, 5) is 21.7. The topological polar surface area (TPSA) is 69.4 Å². The van der Waals surface area contributed by atoms with Gasteiger partial charge in [0.1, 0.15) is 12.0 Å². The van der Waals surface area contributed by atoms with E-state index < -0.39 is 4.92 Å². The highest BCUT2D eigenvalue weighted by atomic mass is 16.6. The number of rotatable bonds is 5. The maximum atomic E-state index is 11.7. The number of nitro benzene ring substituents is 1. The number of nitro groups is 1. The van der Waals surface area contributed by atoms with Gasteiger partial charge in [0.2, 0.25) is 0 Å². The van der Waals surface area contributed by atoms with Gasteiger partial charge in [-0.1, -0.05) is 36.1 Å². The molecule has 2 aromatic rings. The summed E-state index contributed by atoms with van der Waals surface area (Å²) in [5, 5.41) is 10.5. The number of benzene rings is 2. The lowest BCUT2D eigenvalue weighted by atomic mass is 10.1. The summed E-state index contributed by atoms with van der Waals surface area (Å²) < 4.78 is 5.18. The van der Waals surface area contributed by atoms with Crippen molar-refractivity contribution in [1.29, 1.82) is 0 Å². The standard InChI is InChI=1S/C16H11NO4/c18-16(13-5-2-1-3-6-13)7-4-12-21-15-10-8-14(9-11-15)17(19)20/h1-3,5-12H. The van der Waals surface area contributed by atoms with E-state index in [9.17, 15) is 14.9 Å². The molecule has 2 aromatic carbocycles. The Kier molecular flexibility index (Phi) is 4.64. The van der Waals surface area contributed by atoms with Gasteiger partial charge >= 0.3 is 0 Å². The molecule has 2 rings (SSSR count). The smallest absolute Gasteiger partial charge is 0.269 e. The average Bonchev–Trinajstić information content (AvgIpc) is 2.52. The van der Waals surface area contributed by atoms with Gasteiger partial charge in [0.15, 0.2) is 5.78 Å². The summed E-state index contributed by atoms with van der Waals surface area (Å²) in [6.07, 6.45) is 2.49. The van der Waals surface area contributed by atoms with Gasteiger partial charge in [-0.15, -0.1) is 0 Å². The molecule has 0 amide bonds. The van der Waals surface area contributed by atoms with E-state index in [0.29, 0.717) is 11.3 Å². The van der Waals surface area contributed by atoms with Crippen LogP contribution in [0.15, 0.2) is 72.7 Å². The molecule has 0 radical (unpaired) electrons. The van der Waals surface area contributed by atoms with Crippen molar-refractivity contribution in [2.45, 2.75) is 0 Å². The Bertz CT molecular complexity index is 699. The lowest BCUT2D eigenvalue weighted by Crippen LogP contribution is -1.92. The Morgan fingerprint density at radius 1 is 1.10 bits per heavy atom. The summed E-state index contributed by atoms with van der Waals surface area (Å²) in [5.74, 6) is 0.243. The fraction of sp³-hybridized carbons (Fsp3) is 0. The van der Waals surface area contributed by atoms with E-state index in [1.54, 1.807) is 24.3 Å². The minimum Gasteiger partial charge on any atom is -0.457 e. The first kappa shape index (κ1) is 14.2. The highest BCUT2D eigenvalue weighted by molar-refractivity contribution is 6.04. The zero-order chi connectivity index (χ0) is 15.1. The molecular formula is C16H11NO4. The van der Waals surface area contributed by atoms with Crippen LogP contribution in [0.1, 0.15) is 10.4 Å². The molecule has 0 saturated heterocycles. The molecular weight excluding hydrogens is 270 g/mol. The lowest BCUT2D eigenvalue weighted by molar-refractivity contribution is -0.384. The third-order valence-electron chi connectivity index (χ3n) is 2.58. The van der Waals surface area contributed by atoms with Crippen molar-refractivity contribution in [2.75, 3.05) is 0 Å². The van der Waals surface area contributed by atoms with Crippen LogP contribution in [-0.4, -0.2) is 10.7 Å². The van der Waals surface area contributed by atoms with Crippen LogP contribution in [0.5, 0.6) is 5.75 Å². The zero-order valence-electron chi connectivity index (χ0n) is 10.9. The van der Waals surface area contributed by atoms with Crippen LogP contribution in [0.4, 0.5) is 5.69 Å². The maximum absolute atomic E-state index is 11.7. The monoisotopic (exact) mass is 281 g/mol. The predicted octanol–water partition coefficient (Wildman–Crippen LogP) is 3.53. The fourth-order valence-electron chi connectivity index (χ4n) is 1.54. The molecule has 0 aliphatic carbocycles. The quantitative estimate of drug-likeness (QED) is 0.210. The van der Waals surface area contributed by atoms with Crippen LogP contribution in [0.3, 0.4) is 0 Å². The molecule has 0 heterocycles. The first-order valence-corrected chi connectivity index (χ1v) is 6.08. The molecule has 104 valence electrons. The number of hydrogen-bond donors (Lipinski definition) is 0. The second-order valence-electron chi connectivity index (χ2n) is 4.03. The van der Waals surface area contributed by atoms with Gasteiger partial charge in [0.05, 0.1) is 4.92 Å². The Hall–Kier alpha value is -3.17. The maximum Gasteiger partial charge on any atom is 0.269 e. The largest absolute Gasteiger partial charge is 0.457 e. The van der Waals surface area contributed by atoms with E-state index in [4.69, 9.17) is 4.74 Å². The summed E-state index contributed by atoms with van der Waals surface area (Å²) in [7, 11) is 0. The van der Waals surface area contributed by atoms with Crippen molar-refractivity contribution < 1.29 is 14.5 Å². The molecule has 0 atom stereocenters. The van der Waals surface area contributed by atoms with Crippen molar-refractivity contribution in [3.05, 3.63) is 88.3 Å². The molecule has 0 aliphatic rings. The third kappa shape index (κ3) is 4.16. The van der Waals surface area contributed by atoms with Gasteiger partial charge in [0, 0.05) is 23.8 Å². The molecule has 0 N–H and O–H groups in total. The molecule has 5 nitrogen and oxygen atoms in total. The summed E-state index contributed by atoms with van der Waals surface area (Å²) in [6.45, 7) is 0. The van der Waals surface area contributed by atoms with Crippen LogP contribution in [0, 0.1) is 10.1 Å². The van der Waals surface area contributed by atoms with E-state index >= 15 is 0 Å². The summed E-state index contributed by atoms with van der Waals surface area (Å²) >= 11 is 0. The molecule has 0 saturated carbocycles.